The first kappa shape index (κ1) is 20.7. The van der Waals surface area contributed by atoms with Gasteiger partial charge in [-0.15, -0.1) is 0 Å². The summed E-state index contributed by atoms with van der Waals surface area (Å²) < 4.78 is 15.9. The van der Waals surface area contributed by atoms with Gasteiger partial charge < -0.3 is 10.2 Å². The fourth-order valence-corrected chi connectivity index (χ4v) is 4.72. The third-order valence-electron chi connectivity index (χ3n) is 6.43. The molecule has 166 valence electrons. The summed E-state index contributed by atoms with van der Waals surface area (Å²) in [5, 5.41) is 7.55. The quantitative estimate of drug-likeness (QED) is 0.649. The van der Waals surface area contributed by atoms with E-state index in [1.165, 1.54) is 11.8 Å². The van der Waals surface area contributed by atoms with Crippen molar-refractivity contribution >= 4 is 11.6 Å². The number of halogens is 1. The van der Waals surface area contributed by atoms with Gasteiger partial charge in [-0.1, -0.05) is 30.3 Å². The highest BCUT2D eigenvalue weighted by Gasteiger charge is 2.27. The van der Waals surface area contributed by atoms with E-state index in [2.05, 4.69) is 44.5 Å². The van der Waals surface area contributed by atoms with Crippen molar-refractivity contribution < 1.29 is 9.18 Å². The van der Waals surface area contributed by atoms with Crippen LogP contribution in [-0.2, 0) is 12.8 Å². The molecule has 2 aromatic carbocycles. The molecule has 3 aromatic rings. The van der Waals surface area contributed by atoms with E-state index in [1.54, 1.807) is 22.9 Å². The summed E-state index contributed by atoms with van der Waals surface area (Å²) in [6, 6.07) is 17.1. The van der Waals surface area contributed by atoms with Gasteiger partial charge in [-0.2, -0.15) is 5.10 Å². The number of nitrogens with one attached hydrogen (secondary N) is 1. The maximum absolute atomic E-state index is 14.3. The van der Waals surface area contributed by atoms with Crippen LogP contribution in [-0.4, -0.2) is 59.9 Å². The van der Waals surface area contributed by atoms with Gasteiger partial charge in [0.15, 0.2) is 5.69 Å². The molecule has 0 unspecified atom stereocenters. The standard InChI is InChI=1S/C25H28FN5O/c26-21-10-4-5-11-23(21)31-22-12-6-9-20(22)24(28-31)25(32)27-13-14-29-15-17-30(18-16-29)19-7-2-1-3-8-19/h1-5,7-8,10-11H,6,9,12-18H2,(H,27,32). The number of benzene rings is 2. The molecule has 0 atom stereocenters. The summed E-state index contributed by atoms with van der Waals surface area (Å²) in [4.78, 5) is 17.7. The summed E-state index contributed by atoms with van der Waals surface area (Å²) in [5.74, 6) is -0.493. The number of hydrogen-bond acceptors (Lipinski definition) is 4. The lowest BCUT2D eigenvalue weighted by Crippen LogP contribution is -2.48. The Hall–Kier alpha value is -3.19. The van der Waals surface area contributed by atoms with Crippen LogP contribution in [0.4, 0.5) is 10.1 Å². The Balaban J connectivity index is 1.18. The maximum atomic E-state index is 14.3. The van der Waals surface area contributed by atoms with E-state index in [-0.39, 0.29) is 11.7 Å². The Bertz CT molecular complexity index is 1090. The Kier molecular flexibility index (Phi) is 5.90. The zero-order chi connectivity index (χ0) is 21.9. The van der Waals surface area contributed by atoms with Crippen LogP contribution in [0, 0.1) is 5.82 Å². The van der Waals surface area contributed by atoms with E-state index in [9.17, 15) is 9.18 Å². The van der Waals surface area contributed by atoms with Gasteiger partial charge in [0, 0.05) is 56.2 Å². The highest BCUT2D eigenvalue weighted by Crippen LogP contribution is 2.28. The summed E-state index contributed by atoms with van der Waals surface area (Å²) in [6.45, 7) is 5.30. The molecule has 1 aromatic heterocycles. The Morgan fingerprint density at radius 2 is 1.72 bits per heavy atom. The van der Waals surface area contributed by atoms with Crippen molar-refractivity contribution in [2.75, 3.05) is 44.2 Å². The minimum atomic E-state index is -0.327. The first-order valence-electron chi connectivity index (χ1n) is 11.4. The van der Waals surface area contributed by atoms with E-state index in [0.717, 1.165) is 63.2 Å². The van der Waals surface area contributed by atoms with Gasteiger partial charge in [-0.05, 0) is 43.5 Å². The van der Waals surface area contributed by atoms with Crippen LogP contribution in [0.3, 0.4) is 0 Å². The lowest BCUT2D eigenvalue weighted by atomic mass is 10.2. The molecule has 0 bridgehead atoms. The molecule has 5 rings (SSSR count). The van der Waals surface area contributed by atoms with Gasteiger partial charge in [0.2, 0.25) is 0 Å². The number of para-hydroxylation sites is 2. The molecule has 1 N–H and O–H groups in total. The number of anilines is 1. The van der Waals surface area contributed by atoms with E-state index >= 15 is 0 Å². The molecule has 7 heteroatoms. The molecule has 0 saturated carbocycles. The molecule has 1 aliphatic carbocycles. The average molecular weight is 434 g/mol. The zero-order valence-electron chi connectivity index (χ0n) is 18.1. The van der Waals surface area contributed by atoms with Crippen LogP contribution < -0.4 is 10.2 Å². The zero-order valence-corrected chi connectivity index (χ0v) is 18.1. The van der Waals surface area contributed by atoms with E-state index in [1.807, 2.05) is 6.07 Å². The van der Waals surface area contributed by atoms with Gasteiger partial charge in [-0.3, -0.25) is 9.69 Å². The Labute approximate surface area is 187 Å². The fourth-order valence-electron chi connectivity index (χ4n) is 4.72. The molecule has 2 heterocycles. The lowest BCUT2D eigenvalue weighted by molar-refractivity contribution is 0.0941. The normalized spacial score (nSPS) is 16.2. The number of carbonyl (C=O) groups excluding carboxylic acids is 1. The minimum absolute atomic E-state index is 0.166. The molecule has 1 saturated heterocycles. The van der Waals surface area contributed by atoms with Crippen LogP contribution in [0.5, 0.6) is 0 Å². The van der Waals surface area contributed by atoms with Gasteiger partial charge in [0.25, 0.3) is 5.91 Å². The van der Waals surface area contributed by atoms with Crippen molar-refractivity contribution in [1.82, 2.24) is 20.0 Å². The second-order valence-corrected chi connectivity index (χ2v) is 8.41. The SMILES string of the molecule is O=C(NCCN1CCN(c2ccccc2)CC1)c1nn(-c2ccccc2F)c2c1CCC2. The van der Waals surface area contributed by atoms with E-state index < -0.39 is 0 Å². The van der Waals surface area contributed by atoms with Crippen molar-refractivity contribution in [2.24, 2.45) is 0 Å². The highest BCUT2D eigenvalue weighted by molar-refractivity contribution is 5.94. The Morgan fingerprint density at radius 3 is 2.50 bits per heavy atom. The van der Waals surface area contributed by atoms with Crippen LogP contribution >= 0.6 is 0 Å². The van der Waals surface area contributed by atoms with Gasteiger partial charge in [0.05, 0.1) is 0 Å². The van der Waals surface area contributed by atoms with Gasteiger partial charge in [-0.25, -0.2) is 9.07 Å². The number of hydrogen-bond donors (Lipinski definition) is 1. The number of aromatic nitrogens is 2. The molecule has 6 nitrogen and oxygen atoms in total. The third-order valence-corrected chi connectivity index (χ3v) is 6.43. The molecule has 1 amide bonds. The number of piperazine rings is 1. The van der Waals surface area contributed by atoms with Crippen molar-refractivity contribution in [1.29, 1.82) is 0 Å². The molecule has 1 fully saturated rings. The largest absolute Gasteiger partial charge is 0.369 e. The average Bonchev–Trinajstić information content (AvgIpc) is 3.44. The van der Waals surface area contributed by atoms with Gasteiger partial charge >= 0.3 is 0 Å². The summed E-state index contributed by atoms with van der Waals surface area (Å²) in [7, 11) is 0. The van der Waals surface area contributed by atoms with Crippen LogP contribution in [0.25, 0.3) is 5.69 Å². The smallest absolute Gasteiger partial charge is 0.272 e. The predicted octanol–water partition coefficient (Wildman–Crippen LogP) is 3.05. The molecular formula is C25H28FN5O. The van der Waals surface area contributed by atoms with Crippen LogP contribution in [0.2, 0.25) is 0 Å². The first-order chi connectivity index (χ1) is 15.7. The number of fused-ring (bicyclic) bond motifs is 1. The molecular weight excluding hydrogens is 405 g/mol. The topological polar surface area (TPSA) is 53.4 Å². The minimum Gasteiger partial charge on any atom is -0.369 e. The van der Waals surface area contributed by atoms with Crippen molar-refractivity contribution in [2.45, 2.75) is 19.3 Å². The summed E-state index contributed by atoms with van der Waals surface area (Å²) in [5.41, 5.74) is 4.02. The predicted molar refractivity (Wildman–Crippen MR) is 123 cm³/mol. The lowest BCUT2D eigenvalue weighted by Gasteiger charge is -2.36. The number of carbonyl (C=O) groups is 1. The van der Waals surface area contributed by atoms with Crippen molar-refractivity contribution in [3.8, 4) is 5.69 Å². The van der Waals surface area contributed by atoms with Crippen LogP contribution in [0.15, 0.2) is 54.6 Å². The molecule has 0 radical (unpaired) electrons. The maximum Gasteiger partial charge on any atom is 0.272 e. The summed E-state index contributed by atoms with van der Waals surface area (Å²) >= 11 is 0. The van der Waals surface area contributed by atoms with Crippen molar-refractivity contribution in [3.63, 3.8) is 0 Å². The number of rotatable bonds is 6. The number of nitrogens with zero attached hydrogens (tertiary/aromatic N) is 4. The first-order valence-corrected chi connectivity index (χ1v) is 11.4. The molecule has 0 spiro atoms. The molecule has 32 heavy (non-hydrogen) atoms. The second-order valence-electron chi connectivity index (χ2n) is 8.41. The monoisotopic (exact) mass is 433 g/mol. The molecule has 2 aliphatic rings. The summed E-state index contributed by atoms with van der Waals surface area (Å²) in [6.07, 6.45) is 2.59. The number of amides is 1. The fraction of sp³-hybridized carbons (Fsp3) is 0.360. The second kappa shape index (κ2) is 9.12. The third kappa shape index (κ3) is 4.12. The molecule has 1 aliphatic heterocycles. The van der Waals surface area contributed by atoms with E-state index in [4.69, 9.17) is 0 Å². The van der Waals surface area contributed by atoms with Crippen LogP contribution in [0.1, 0.15) is 28.2 Å². The van der Waals surface area contributed by atoms with E-state index in [0.29, 0.717) is 17.9 Å². The Morgan fingerprint density at radius 1 is 0.969 bits per heavy atom. The highest BCUT2D eigenvalue weighted by atomic mass is 19.1. The van der Waals surface area contributed by atoms with Crippen molar-refractivity contribution in [3.05, 3.63) is 77.4 Å². The van der Waals surface area contributed by atoms with Gasteiger partial charge in [0.1, 0.15) is 11.5 Å².